The molecule has 0 bridgehead atoms. The maximum absolute atomic E-state index is 13.2. The van der Waals surface area contributed by atoms with E-state index in [1.165, 1.54) is 12.1 Å². The summed E-state index contributed by atoms with van der Waals surface area (Å²) in [7, 11) is 3.38. The van der Waals surface area contributed by atoms with Gasteiger partial charge in [-0.3, -0.25) is 14.9 Å². The fraction of sp³-hybridized carbons (Fsp3) is 0.120. The third kappa shape index (κ3) is 4.73. The number of rotatable bonds is 8. The minimum absolute atomic E-state index is 0.152. The summed E-state index contributed by atoms with van der Waals surface area (Å²) >= 11 is 0. The van der Waals surface area contributed by atoms with Gasteiger partial charge in [0, 0.05) is 42.3 Å². The monoisotopic (exact) mass is 457 g/mol. The quantitative estimate of drug-likeness (QED) is 0.295. The summed E-state index contributed by atoms with van der Waals surface area (Å²) in [6.45, 7) is 0. The van der Waals surface area contributed by atoms with Gasteiger partial charge >= 0.3 is 0 Å². The van der Waals surface area contributed by atoms with Gasteiger partial charge in [0.1, 0.15) is 23.3 Å². The number of anilines is 2. The van der Waals surface area contributed by atoms with E-state index in [0.29, 0.717) is 22.8 Å². The number of imidazole rings is 1. The molecule has 0 aliphatic rings. The zero-order valence-electron chi connectivity index (χ0n) is 18.6. The zero-order valence-corrected chi connectivity index (χ0v) is 18.6. The van der Waals surface area contributed by atoms with E-state index < -0.39 is 16.9 Å². The van der Waals surface area contributed by atoms with E-state index in [0.717, 1.165) is 0 Å². The summed E-state index contributed by atoms with van der Waals surface area (Å²) in [5.41, 5.74) is 1.65. The Hall–Kier alpha value is -4.66. The number of para-hydroxylation sites is 2. The van der Waals surface area contributed by atoms with E-state index in [1.54, 1.807) is 48.3 Å². The van der Waals surface area contributed by atoms with Crippen LogP contribution in [0.4, 0.5) is 17.1 Å². The second-order valence-electron chi connectivity index (χ2n) is 7.52. The van der Waals surface area contributed by atoms with Gasteiger partial charge in [0.2, 0.25) is 0 Å². The van der Waals surface area contributed by atoms with E-state index in [2.05, 4.69) is 15.6 Å². The summed E-state index contributed by atoms with van der Waals surface area (Å²) in [6.07, 6.45) is 3.41. The fourth-order valence-corrected chi connectivity index (χ4v) is 3.66. The van der Waals surface area contributed by atoms with Gasteiger partial charge in [0.25, 0.3) is 11.6 Å². The molecule has 9 nitrogen and oxygen atoms in total. The summed E-state index contributed by atoms with van der Waals surface area (Å²) in [5.74, 6) is 0.701. The van der Waals surface area contributed by atoms with Crippen molar-refractivity contribution in [3.63, 3.8) is 0 Å². The van der Waals surface area contributed by atoms with Gasteiger partial charge in [-0.15, -0.1) is 0 Å². The minimum atomic E-state index is -0.634. The molecule has 34 heavy (non-hydrogen) atoms. The minimum Gasteiger partial charge on any atom is -0.496 e. The molecule has 9 heteroatoms. The number of amides is 1. The lowest BCUT2D eigenvalue weighted by Gasteiger charge is -2.21. The van der Waals surface area contributed by atoms with Gasteiger partial charge in [-0.2, -0.15) is 0 Å². The highest BCUT2D eigenvalue weighted by molar-refractivity contribution is 5.96. The molecule has 0 fully saturated rings. The lowest BCUT2D eigenvalue weighted by Crippen LogP contribution is -2.31. The third-order valence-corrected chi connectivity index (χ3v) is 5.35. The van der Waals surface area contributed by atoms with Crippen LogP contribution in [0.5, 0.6) is 5.75 Å². The Bertz CT molecular complexity index is 1320. The average molecular weight is 457 g/mol. The van der Waals surface area contributed by atoms with Crippen molar-refractivity contribution < 1.29 is 14.5 Å². The van der Waals surface area contributed by atoms with Crippen LogP contribution < -0.4 is 15.4 Å². The molecule has 0 saturated heterocycles. The second-order valence-corrected chi connectivity index (χ2v) is 7.52. The highest BCUT2D eigenvalue weighted by Gasteiger charge is 2.26. The van der Waals surface area contributed by atoms with Gasteiger partial charge in [0.15, 0.2) is 0 Å². The number of ether oxygens (including phenoxy) is 1. The molecule has 1 heterocycles. The summed E-state index contributed by atoms with van der Waals surface area (Å²) in [5, 5.41) is 17.7. The largest absolute Gasteiger partial charge is 0.496 e. The van der Waals surface area contributed by atoms with Gasteiger partial charge in [-0.25, -0.2) is 4.98 Å². The number of carbonyl (C=O) groups excluding carboxylic acids is 1. The van der Waals surface area contributed by atoms with E-state index in [9.17, 15) is 14.9 Å². The van der Waals surface area contributed by atoms with Crippen molar-refractivity contribution in [2.24, 2.45) is 7.05 Å². The first-order valence-electron chi connectivity index (χ1n) is 10.5. The molecule has 0 aliphatic carbocycles. The van der Waals surface area contributed by atoms with Gasteiger partial charge in [0.05, 0.1) is 12.0 Å². The molecule has 3 aromatic carbocycles. The van der Waals surface area contributed by atoms with Gasteiger partial charge in [-0.05, 0) is 30.3 Å². The molecule has 4 rings (SSSR count). The highest BCUT2D eigenvalue weighted by Crippen LogP contribution is 2.31. The Labute approximate surface area is 196 Å². The standard InChI is InChI=1S/C25H23N5O4/c1-29-15-14-26-24(29)23(19-10-6-7-11-22(19)34-2)28-25(31)17-12-13-20(21(16-17)30(32)33)27-18-8-4-3-5-9-18/h3-16,23,27H,1-2H3,(H,28,31). The maximum atomic E-state index is 13.2. The van der Waals surface area contributed by atoms with Crippen LogP contribution in [0.3, 0.4) is 0 Å². The average Bonchev–Trinajstić information content (AvgIpc) is 3.28. The predicted octanol–water partition coefficient (Wildman–Crippen LogP) is 4.60. The number of methoxy groups -OCH3 is 1. The molecule has 1 amide bonds. The number of aromatic nitrogens is 2. The van der Waals surface area contributed by atoms with E-state index in [4.69, 9.17) is 4.74 Å². The maximum Gasteiger partial charge on any atom is 0.293 e. The summed E-state index contributed by atoms with van der Waals surface area (Å²) in [4.78, 5) is 28.9. The second kappa shape index (κ2) is 9.86. The van der Waals surface area contributed by atoms with E-state index in [-0.39, 0.29) is 16.9 Å². The Morgan fingerprint density at radius 1 is 1.09 bits per heavy atom. The number of carbonyl (C=O) groups is 1. The number of hydrogen-bond acceptors (Lipinski definition) is 6. The molecule has 172 valence electrons. The Balaban J connectivity index is 1.67. The molecule has 0 aliphatic heterocycles. The molecule has 0 saturated carbocycles. The smallest absolute Gasteiger partial charge is 0.293 e. The SMILES string of the molecule is COc1ccccc1C(NC(=O)c1ccc(Nc2ccccc2)c([N+](=O)[O-])c1)c1nccn1C. The third-order valence-electron chi connectivity index (χ3n) is 5.35. The molecule has 0 spiro atoms. The van der Waals surface area contributed by atoms with Crippen molar-refractivity contribution in [3.8, 4) is 5.75 Å². The van der Waals surface area contributed by atoms with Crippen LogP contribution in [-0.2, 0) is 7.05 Å². The predicted molar refractivity (Wildman–Crippen MR) is 128 cm³/mol. The highest BCUT2D eigenvalue weighted by atomic mass is 16.6. The van der Waals surface area contributed by atoms with Gasteiger partial charge < -0.3 is 19.9 Å². The van der Waals surface area contributed by atoms with Crippen LogP contribution in [0, 0.1) is 10.1 Å². The normalized spacial score (nSPS) is 11.5. The van der Waals surface area contributed by atoms with Crippen molar-refractivity contribution in [1.29, 1.82) is 0 Å². The fourth-order valence-electron chi connectivity index (χ4n) is 3.66. The zero-order chi connectivity index (χ0) is 24.1. The van der Waals surface area contributed by atoms with Gasteiger partial charge in [-0.1, -0.05) is 36.4 Å². The van der Waals surface area contributed by atoms with Crippen LogP contribution in [0.1, 0.15) is 27.8 Å². The molecule has 1 aromatic heterocycles. The Morgan fingerprint density at radius 2 is 1.82 bits per heavy atom. The van der Waals surface area contributed by atoms with Crippen molar-refractivity contribution in [3.05, 3.63) is 112 Å². The summed E-state index contributed by atoms with van der Waals surface area (Å²) in [6, 6.07) is 20.1. The molecule has 1 atom stereocenters. The molecule has 2 N–H and O–H groups in total. The lowest BCUT2D eigenvalue weighted by molar-refractivity contribution is -0.383. The summed E-state index contributed by atoms with van der Waals surface area (Å²) < 4.78 is 7.29. The van der Waals surface area contributed by atoms with Crippen LogP contribution in [-0.4, -0.2) is 27.5 Å². The van der Waals surface area contributed by atoms with Crippen LogP contribution in [0.15, 0.2) is 85.2 Å². The molecule has 0 radical (unpaired) electrons. The Morgan fingerprint density at radius 3 is 2.50 bits per heavy atom. The Kier molecular flexibility index (Phi) is 6.54. The first kappa shape index (κ1) is 22.5. The van der Waals surface area contributed by atoms with Crippen molar-refractivity contribution in [2.75, 3.05) is 12.4 Å². The van der Waals surface area contributed by atoms with Crippen molar-refractivity contribution in [1.82, 2.24) is 14.9 Å². The number of aryl methyl sites for hydroxylation is 1. The molecule has 4 aromatic rings. The molecular weight excluding hydrogens is 434 g/mol. The first-order valence-corrected chi connectivity index (χ1v) is 10.5. The molecular formula is C25H23N5O4. The molecule has 1 unspecified atom stereocenters. The number of hydrogen-bond donors (Lipinski definition) is 2. The van der Waals surface area contributed by atoms with Crippen LogP contribution in [0.2, 0.25) is 0 Å². The number of nitro benzene ring substituents is 1. The van der Waals surface area contributed by atoms with Crippen molar-refractivity contribution in [2.45, 2.75) is 6.04 Å². The van der Waals surface area contributed by atoms with E-state index >= 15 is 0 Å². The number of benzene rings is 3. The van der Waals surface area contributed by atoms with Crippen molar-refractivity contribution >= 4 is 23.0 Å². The van der Waals surface area contributed by atoms with Crippen LogP contribution >= 0.6 is 0 Å². The van der Waals surface area contributed by atoms with Crippen LogP contribution in [0.25, 0.3) is 0 Å². The topological polar surface area (TPSA) is 111 Å². The lowest BCUT2D eigenvalue weighted by atomic mass is 10.0. The number of nitrogens with one attached hydrogen (secondary N) is 2. The number of nitro groups is 1. The first-order chi connectivity index (χ1) is 16.5. The number of nitrogens with zero attached hydrogens (tertiary/aromatic N) is 3. The van der Waals surface area contributed by atoms with E-state index in [1.807, 2.05) is 43.4 Å².